The van der Waals surface area contributed by atoms with E-state index in [1.807, 2.05) is 41.5 Å². The van der Waals surface area contributed by atoms with Crippen molar-refractivity contribution in [3.05, 3.63) is 17.7 Å². The van der Waals surface area contributed by atoms with E-state index < -0.39 is 12.1 Å². The molecule has 7 nitrogen and oxygen atoms in total. The van der Waals surface area contributed by atoms with Gasteiger partial charge in [-0.15, -0.1) is 0 Å². The first kappa shape index (κ1) is 25.5. The van der Waals surface area contributed by atoms with Gasteiger partial charge in [-0.1, -0.05) is 13.5 Å². The molecule has 0 aliphatic heterocycles. The van der Waals surface area contributed by atoms with Gasteiger partial charge >= 0.3 is 5.97 Å². The van der Waals surface area contributed by atoms with Gasteiger partial charge in [0.1, 0.15) is 6.10 Å². The van der Waals surface area contributed by atoms with Crippen molar-refractivity contribution in [2.45, 2.75) is 61.0 Å². The van der Waals surface area contributed by atoms with Crippen LogP contribution in [0, 0.1) is 0 Å². The van der Waals surface area contributed by atoms with E-state index in [-0.39, 0.29) is 0 Å². The van der Waals surface area contributed by atoms with Gasteiger partial charge in [-0.25, -0.2) is 4.79 Å². The molecule has 30 heavy (non-hydrogen) atoms. The lowest BCUT2D eigenvalue weighted by molar-refractivity contribution is -0.144. The molecule has 0 fully saturated rings. The molecule has 7 heteroatoms. The summed E-state index contributed by atoms with van der Waals surface area (Å²) in [7, 11) is 0. The third kappa shape index (κ3) is 5.97. The van der Waals surface area contributed by atoms with E-state index in [1.165, 1.54) is 0 Å². The Hall–Kier alpha value is -2.57. The number of benzene rings is 1. The summed E-state index contributed by atoms with van der Waals surface area (Å²) in [6.45, 7) is 18.5. The lowest BCUT2D eigenvalue weighted by Crippen LogP contribution is -2.16. The average molecular weight is 425 g/mol. The molecule has 0 saturated heterocycles. The van der Waals surface area contributed by atoms with Crippen LogP contribution in [0.3, 0.4) is 0 Å². The second kappa shape index (κ2) is 12.9. The Kier molecular flexibility index (Phi) is 10.9. The molecule has 0 radical (unpaired) electrons. The summed E-state index contributed by atoms with van der Waals surface area (Å²) in [6, 6.07) is 0. The van der Waals surface area contributed by atoms with Gasteiger partial charge in [-0.05, 0) is 48.0 Å². The zero-order valence-electron chi connectivity index (χ0n) is 19.4. The number of hydrogen-bond donors (Lipinski definition) is 0. The second-order valence-corrected chi connectivity index (χ2v) is 6.31. The van der Waals surface area contributed by atoms with Crippen molar-refractivity contribution in [3.63, 3.8) is 0 Å². The Bertz CT molecular complexity index is 675. The Morgan fingerprint density at radius 1 is 0.700 bits per heavy atom. The van der Waals surface area contributed by atoms with Crippen LogP contribution in [0.2, 0.25) is 0 Å². The highest BCUT2D eigenvalue weighted by molar-refractivity contribution is 5.87. The van der Waals surface area contributed by atoms with Gasteiger partial charge in [-0.3, -0.25) is 0 Å². The van der Waals surface area contributed by atoms with E-state index in [1.54, 1.807) is 6.92 Å². The number of rotatable bonds is 14. The minimum Gasteiger partial charge on any atom is -0.489 e. The molecule has 0 bridgehead atoms. The number of hydrogen-bond acceptors (Lipinski definition) is 7. The summed E-state index contributed by atoms with van der Waals surface area (Å²) in [5.74, 6) is 1.60. The molecule has 0 heterocycles. The van der Waals surface area contributed by atoms with Crippen LogP contribution in [0.4, 0.5) is 0 Å². The zero-order chi connectivity index (χ0) is 22.7. The van der Waals surface area contributed by atoms with Crippen molar-refractivity contribution < 1.29 is 33.2 Å². The number of esters is 1. The van der Waals surface area contributed by atoms with E-state index in [4.69, 9.17) is 28.4 Å². The molecule has 1 aromatic rings. The van der Waals surface area contributed by atoms with Crippen molar-refractivity contribution in [1.82, 2.24) is 0 Å². The first-order valence-electron chi connectivity index (χ1n) is 10.7. The minimum atomic E-state index is -0.647. The minimum absolute atomic E-state index is 0.311. The van der Waals surface area contributed by atoms with Crippen molar-refractivity contribution in [2.75, 3.05) is 33.0 Å². The van der Waals surface area contributed by atoms with Crippen molar-refractivity contribution >= 4 is 5.97 Å². The maximum atomic E-state index is 12.3. The van der Waals surface area contributed by atoms with E-state index in [0.717, 1.165) is 0 Å². The van der Waals surface area contributed by atoms with Crippen LogP contribution >= 0.6 is 0 Å². The number of ether oxygens (including phenoxy) is 6. The number of carbonyl (C=O) groups is 1. The molecule has 0 aromatic heterocycles. The molecule has 0 aliphatic rings. The summed E-state index contributed by atoms with van der Waals surface area (Å²) in [4.78, 5) is 12.3. The predicted molar refractivity (Wildman–Crippen MR) is 116 cm³/mol. The van der Waals surface area contributed by atoms with Gasteiger partial charge in [0.15, 0.2) is 11.5 Å². The summed E-state index contributed by atoms with van der Waals surface area (Å²) < 4.78 is 35.5. The quantitative estimate of drug-likeness (QED) is 0.298. The SMILES string of the molecule is C=C(C)C(=O)OC(CC)c1c(OCC)c(OCC)c(OCC)c(OCC)c1OCC. The first-order chi connectivity index (χ1) is 14.4. The molecular weight excluding hydrogens is 388 g/mol. The van der Waals surface area contributed by atoms with Gasteiger partial charge in [0.25, 0.3) is 0 Å². The van der Waals surface area contributed by atoms with Gasteiger partial charge in [0.2, 0.25) is 17.2 Å². The molecular formula is C23H36O7. The number of carbonyl (C=O) groups excluding carboxylic acids is 1. The smallest absolute Gasteiger partial charge is 0.333 e. The topological polar surface area (TPSA) is 72.5 Å². The molecule has 1 atom stereocenters. The largest absolute Gasteiger partial charge is 0.489 e. The van der Waals surface area contributed by atoms with Crippen molar-refractivity contribution in [3.8, 4) is 28.7 Å². The lowest BCUT2D eigenvalue weighted by atomic mass is 10.0. The highest BCUT2D eigenvalue weighted by Crippen LogP contribution is 2.56. The molecule has 1 aromatic carbocycles. The van der Waals surface area contributed by atoms with Gasteiger partial charge < -0.3 is 28.4 Å². The maximum Gasteiger partial charge on any atom is 0.333 e. The maximum absolute atomic E-state index is 12.3. The third-order valence-corrected chi connectivity index (χ3v) is 4.05. The summed E-state index contributed by atoms with van der Waals surface area (Å²) in [5.41, 5.74) is 0.872. The van der Waals surface area contributed by atoms with Gasteiger partial charge in [0, 0.05) is 5.57 Å². The predicted octanol–water partition coefficient (Wildman–Crippen LogP) is 5.25. The van der Waals surface area contributed by atoms with Crippen molar-refractivity contribution in [1.29, 1.82) is 0 Å². The Morgan fingerprint density at radius 3 is 1.33 bits per heavy atom. The standard InChI is InChI=1S/C23H36O7/c1-9-16(30-23(24)15(7)8)17-18(25-10-2)20(27-12-4)22(29-14-6)21(28-13-5)19(17)26-11-3/h16H,7,9-14H2,1-6,8H3. The van der Waals surface area contributed by atoms with Crippen LogP contribution in [0.5, 0.6) is 28.7 Å². The van der Waals surface area contributed by atoms with Crippen molar-refractivity contribution in [2.24, 2.45) is 0 Å². The highest BCUT2D eigenvalue weighted by Gasteiger charge is 2.35. The van der Waals surface area contributed by atoms with Gasteiger partial charge in [-0.2, -0.15) is 0 Å². The van der Waals surface area contributed by atoms with Crippen LogP contribution in [0.25, 0.3) is 0 Å². The highest BCUT2D eigenvalue weighted by atomic mass is 16.6. The summed E-state index contributed by atoms with van der Waals surface area (Å²) in [6.07, 6.45) is -0.157. The molecule has 0 spiro atoms. The average Bonchev–Trinajstić information content (AvgIpc) is 2.72. The Morgan fingerprint density at radius 2 is 1.03 bits per heavy atom. The molecule has 0 saturated carbocycles. The van der Waals surface area contributed by atoms with Crippen LogP contribution in [0.1, 0.15) is 66.6 Å². The monoisotopic (exact) mass is 424 g/mol. The van der Waals surface area contributed by atoms with Crippen LogP contribution in [-0.2, 0) is 9.53 Å². The Balaban J connectivity index is 3.95. The Labute approximate surface area is 180 Å². The summed E-state index contributed by atoms with van der Waals surface area (Å²) >= 11 is 0. The van der Waals surface area contributed by atoms with Crippen LogP contribution in [0.15, 0.2) is 12.2 Å². The lowest BCUT2D eigenvalue weighted by Gasteiger charge is -2.28. The first-order valence-corrected chi connectivity index (χ1v) is 10.7. The third-order valence-electron chi connectivity index (χ3n) is 4.05. The van der Waals surface area contributed by atoms with Crippen LogP contribution in [-0.4, -0.2) is 39.0 Å². The van der Waals surface area contributed by atoms with E-state index in [2.05, 4.69) is 6.58 Å². The summed E-state index contributed by atoms with van der Waals surface area (Å²) in [5, 5.41) is 0. The molecule has 0 aliphatic carbocycles. The molecule has 0 N–H and O–H groups in total. The van der Waals surface area contributed by atoms with E-state index >= 15 is 0 Å². The fourth-order valence-electron chi connectivity index (χ4n) is 2.93. The van der Waals surface area contributed by atoms with E-state index in [9.17, 15) is 4.79 Å². The van der Waals surface area contributed by atoms with E-state index in [0.29, 0.717) is 79.3 Å². The normalized spacial score (nSPS) is 11.4. The van der Waals surface area contributed by atoms with Crippen LogP contribution < -0.4 is 23.7 Å². The molecule has 1 unspecified atom stereocenters. The fourth-order valence-corrected chi connectivity index (χ4v) is 2.93. The molecule has 0 amide bonds. The molecule has 170 valence electrons. The fraction of sp³-hybridized carbons (Fsp3) is 0.609. The zero-order valence-corrected chi connectivity index (χ0v) is 19.4. The van der Waals surface area contributed by atoms with Gasteiger partial charge in [0.05, 0.1) is 38.6 Å². The second-order valence-electron chi connectivity index (χ2n) is 6.31. The molecule has 1 rings (SSSR count).